The van der Waals surface area contributed by atoms with E-state index in [1.807, 2.05) is 0 Å². The third-order valence-electron chi connectivity index (χ3n) is 2.53. The highest BCUT2D eigenvalue weighted by Gasteiger charge is 2.45. The normalized spacial score (nSPS) is 51.8. The molecule has 2 unspecified atom stereocenters. The van der Waals surface area contributed by atoms with Gasteiger partial charge in [0.2, 0.25) is 0 Å². The molecule has 0 radical (unpaired) electrons. The molecule has 0 spiro atoms. The maximum atomic E-state index is 5.35. The van der Waals surface area contributed by atoms with Crippen LogP contribution >= 0.6 is 0 Å². The third-order valence-corrected chi connectivity index (χ3v) is 3.20. The molecule has 2 rings (SSSR count). The van der Waals surface area contributed by atoms with Gasteiger partial charge in [-0.15, -0.1) is 0 Å². The lowest BCUT2D eigenvalue weighted by Crippen LogP contribution is -2.06. The standard InChI is InChI=1S/C6H12OSi/c8-7-6-2-4-1-5(4)3-6/h4-6H,1-3H2,8H3. The molecule has 46 valence electrons. The zero-order valence-corrected chi connectivity index (χ0v) is 7.26. The number of rotatable bonds is 1. The predicted octanol–water partition coefficient (Wildman–Crippen LogP) is 0.0819. The predicted molar refractivity (Wildman–Crippen MR) is 35.6 cm³/mol. The van der Waals surface area contributed by atoms with Crippen LogP contribution in [0.25, 0.3) is 0 Å². The van der Waals surface area contributed by atoms with Crippen molar-refractivity contribution in [2.24, 2.45) is 11.8 Å². The molecule has 2 heteroatoms. The molecule has 8 heavy (non-hydrogen) atoms. The van der Waals surface area contributed by atoms with Crippen molar-refractivity contribution in [2.75, 3.05) is 0 Å². The summed E-state index contributed by atoms with van der Waals surface area (Å²) in [5.41, 5.74) is 0. The fourth-order valence-corrected chi connectivity index (χ4v) is 2.24. The minimum Gasteiger partial charge on any atom is -0.425 e. The van der Waals surface area contributed by atoms with Gasteiger partial charge >= 0.3 is 0 Å². The summed E-state index contributed by atoms with van der Waals surface area (Å²) in [6, 6.07) is 0. The van der Waals surface area contributed by atoms with E-state index in [2.05, 4.69) is 0 Å². The Morgan fingerprint density at radius 2 is 1.75 bits per heavy atom. The minimum atomic E-state index is 0.686. The Morgan fingerprint density at radius 3 is 2.12 bits per heavy atom. The van der Waals surface area contributed by atoms with Gasteiger partial charge in [0.05, 0.1) is 0 Å². The molecular weight excluding hydrogens is 116 g/mol. The Morgan fingerprint density at radius 1 is 1.12 bits per heavy atom. The van der Waals surface area contributed by atoms with E-state index in [1.165, 1.54) is 19.3 Å². The van der Waals surface area contributed by atoms with Crippen LogP contribution in [0.3, 0.4) is 0 Å². The first-order valence-corrected chi connectivity index (χ1v) is 4.24. The highest BCUT2D eigenvalue weighted by molar-refractivity contribution is 5.98. The number of hydrogen-bond donors (Lipinski definition) is 0. The zero-order chi connectivity index (χ0) is 5.56. The topological polar surface area (TPSA) is 9.23 Å². The smallest absolute Gasteiger partial charge is 0.146 e. The van der Waals surface area contributed by atoms with Gasteiger partial charge in [0.1, 0.15) is 10.5 Å². The number of hydrogen-bond acceptors (Lipinski definition) is 1. The van der Waals surface area contributed by atoms with E-state index < -0.39 is 0 Å². The summed E-state index contributed by atoms with van der Waals surface area (Å²) < 4.78 is 5.35. The van der Waals surface area contributed by atoms with Gasteiger partial charge in [-0.3, -0.25) is 0 Å². The van der Waals surface area contributed by atoms with E-state index in [9.17, 15) is 0 Å². The van der Waals surface area contributed by atoms with Gasteiger partial charge in [0.15, 0.2) is 0 Å². The van der Waals surface area contributed by atoms with Gasteiger partial charge in [-0.05, 0) is 31.1 Å². The van der Waals surface area contributed by atoms with Gasteiger partial charge in [-0.25, -0.2) is 0 Å². The van der Waals surface area contributed by atoms with E-state index >= 15 is 0 Å². The fraction of sp³-hybridized carbons (Fsp3) is 1.00. The molecule has 0 amide bonds. The van der Waals surface area contributed by atoms with Gasteiger partial charge in [-0.1, -0.05) is 0 Å². The van der Waals surface area contributed by atoms with Gasteiger partial charge < -0.3 is 4.43 Å². The van der Waals surface area contributed by atoms with Crippen molar-refractivity contribution >= 4 is 10.5 Å². The molecule has 0 aromatic heterocycles. The summed E-state index contributed by atoms with van der Waals surface area (Å²) in [4.78, 5) is 0. The highest BCUT2D eigenvalue weighted by Crippen LogP contribution is 2.52. The molecule has 2 aliphatic carbocycles. The molecule has 0 bridgehead atoms. The Balaban J connectivity index is 1.89. The molecule has 0 aliphatic heterocycles. The average Bonchev–Trinajstić information content (AvgIpc) is 2.40. The van der Waals surface area contributed by atoms with Crippen molar-refractivity contribution in [2.45, 2.75) is 25.4 Å². The van der Waals surface area contributed by atoms with Crippen LogP contribution in [0, 0.1) is 11.8 Å². The first kappa shape index (κ1) is 5.00. The summed E-state index contributed by atoms with van der Waals surface area (Å²) in [7, 11) is 0.943. The Kier molecular flexibility index (Phi) is 0.986. The molecule has 2 fully saturated rings. The van der Waals surface area contributed by atoms with Crippen LogP contribution < -0.4 is 0 Å². The lowest BCUT2D eigenvalue weighted by Gasteiger charge is -2.07. The monoisotopic (exact) mass is 128 g/mol. The first-order valence-electron chi connectivity index (χ1n) is 3.43. The number of fused-ring (bicyclic) bond motifs is 1. The van der Waals surface area contributed by atoms with Crippen molar-refractivity contribution in [1.82, 2.24) is 0 Å². The minimum absolute atomic E-state index is 0.686. The SMILES string of the molecule is [SiH3]OC1CC2CC2C1. The third kappa shape index (κ3) is 0.633. The second-order valence-corrected chi connectivity index (χ2v) is 3.56. The van der Waals surface area contributed by atoms with E-state index in [0.717, 1.165) is 22.3 Å². The van der Waals surface area contributed by atoms with Gasteiger partial charge in [0.25, 0.3) is 0 Å². The lowest BCUT2D eigenvalue weighted by molar-refractivity contribution is 0.214. The van der Waals surface area contributed by atoms with E-state index in [4.69, 9.17) is 4.43 Å². The Bertz CT molecular complexity index is 94.7. The summed E-state index contributed by atoms with van der Waals surface area (Å²) in [6.07, 6.45) is 4.97. The van der Waals surface area contributed by atoms with Crippen LogP contribution in [-0.4, -0.2) is 16.6 Å². The van der Waals surface area contributed by atoms with E-state index in [1.54, 1.807) is 0 Å². The Labute approximate surface area is 53.0 Å². The van der Waals surface area contributed by atoms with E-state index in [0.29, 0.717) is 6.10 Å². The van der Waals surface area contributed by atoms with Gasteiger partial charge in [0, 0.05) is 6.10 Å². The molecule has 0 N–H and O–H groups in total. The fourth-order valence-electron chi connectivity index (χ4n) is 1.85. The molecule has 0 heterocycles. The largest absolute Gasteiger partial charge is 0.425 e. The molecule has 0 aromatic rings. The summed E-state index contributed by atoms with van der Waals surface area (Å²) in [5.74, 6) is 2.18. The average molecular weight is 128 g/mol. The van der Waals surface area contributed by atoms with Crippen molar-refractivity contribution in [3.63, 3.8) is 0 Å². The van der Waals surface area contributed by atoms with Crippen LogP contribution in [0.4, 0.5) is 0 Å². The molecule has 1 nitrogen and oxygen atoms in total. The van der Waals surface area contributed by atoms with Crippen molar-refractivity contribution in [1.29, 1.82) is 0 Å². The second kappa shape index (κ2) is 1.58. The summed E-state index contributed by atoms with van der Waals surface area (Å²) >= 11 is 0. The molecule has 2 saturated carbocycles. The van der Waals surface area contributed by atoms with E-state index in [-0.39, 0.29) is 0 Å². The van der Waals surface area contributed by atoms with Crippen LogP contribution in [0.2, 0.25) is 0 Å². The first-order chi connectivity index (χ1) is 3.90. The molecule has 2 atom stereocenters. The van der Waals surface area contributed by atoms with Crippen LogP contribution in [0.5, 0.6) is 0 Å². The van der Waals surface area contributed by atoms with Crippen molar-refractivity contribution in [3.05, 3.63) is 0 Å². The lowest BCUT2D eigenvalue weighted by atomic mass is 10.2. The van der Waals surface area contributed by atoms with Gasteiger partial charge in [-0.2, -0.15) is 0 Å². The van der Waals surface area contributed by atoms with Crippen molar-refractivity contribution < 1.29 is 4.43 Å². The Hall–Kier alpha value is 0.177. The molecular formula is C6H12OSi. The molecule has 0 aromatic carbocycles. The highest BCUT2D eigenvalue weighted by atomic mass is 28.2. The second-order valence-electron chi connectivity index (χ2n) is 3.08. The maximum absolute atomic E-state index is 5.35. The van der Waals surface area contributed by atoms with Crippen LogP contribution in [-0.2, 0) is 4.43 Å². The summed E-state index contributed by atoms with van der Waals surface area (Å²) in [5, 5.41) is 0. The quantitative estimate of drug-likeness (QED) is 0.455. The van der Waals surface area contributed by atoms with Crippen molar-refractivity contribution in [3.8, 4) is 0 Å². The van der Waals surface area contributed by atoms with Crippen LogP contribution in [0.1, 0.15) is 19.3 Å². The maximum Gasteiger partial charge on any atom is 0.146 e. The molecule has 0 saturated heterocycles. The van der Waals surface area contributed by atoms with Crippen LogP contribution in [0.15, 0.2) is 0 Å². The molecule has 2 aliphatic rings. The summed E-state index contributed by atoms with van der Waals surface area (Å²) in [6.45, 7) is 0. The zero-order valence-electron chi connectivity index (χ0n) is 5.26.